The molecule has 0 amide bonds. The summed E-state index contributed by atoms with van der Waals surface area (Å²) in [4.78, 5) is 23.4. The number of nitrogens with zero attached hydrogens (tertiary/aromatic N) is 5. The Balaban J connectivity index is 1.53. The summed E-state index contributed by atoms with van der Waals surface area (Å²) in [6.07, 6.45) is 1.15. The fraction of sp³-hybridized carbons (Fsp3) is 0.0833. The Morgan fingerprint density at radius 3 is 1.86 bits per heavy atom. The number of halogens is 2. The van der Waals surface area contributed by atoms with Gasteiger partial charge < -0.3 is 15.7 Å². The summed E-state index contributed by atoms with van der Waals surface area (Å²) in [6, 6.07) is 15.4. The van der Waals surface area contributed by atoms with Gasteiger partial charge in [-0.15, -0.1) is 0 Å². The minimum absolute atomic E-state index is 0.0114. The molecule has 0 bridgehead atoms. The molecule has 37 heavy (non-hydrogen) atoms. The highest BCUT2D eigenvalue weighted by Gasteiger charge is 2.13. The average molecular weight is 506 g/mol. The highest BCUT2D eigenvalue weighted by atomic mass is 19.1. The predicted octanol–water partition coefficient (Wildman–Crippen LogP) is 4.43. The van der Waals surface area contributed by atoms with Crippen LogP contribution in [-0.2, 0) is 13.1 Å². The minimum Gasteiger partial charge on any atom is -0.508 e. The molecule has 1 heterocycles. The maximum Gasteiger partial charge on any atom is 0.278 e. The van der Waals surface area contributed by atoms with E-state index < -0.39 is 4.92 Å². The molecular formula is C24H20F2N8O3. The number of nitrogens with one attached hydrogen (secondary N) is 3. The lowest BCUT2D eigenvalue weighted by Gasteiger charge is -2.10. The molecule has 0 saturated heterocycles. The molecule has 0 aliphatic heterocycles. The van der Waals surface area contributed by atoms with Crippen LogP contribution in [-0.4, -0.2) is 31.2 Å². The minimum atomic E-state index is -0.599. The second kappa shape index (κ2) is 11.5. The zero-order valence-electron chi connectivity index (χ0n) is 19.1. The number of nitro benzene ring substituents is 1. The first-order chi connectivity index (χ1) is 17.9. The predicted molar refractivity (Wildman–Crippen MR) is 133 cm³/mol. The highest BCUT2D eigenvalue weighted by Crippen LogP contribution is 2.21. The van der Waals surface area contributed by atoms with Crippen LogP contribution >= 0.6 is 0 Å². The molecule has 3 aromatic carbocycles. The first kappa shape index (κ1) is 24.9. The van der Waals surface area contributed by atoms with Crippen molar-refractivity contribution in [1.29, 1.82) is 0 Å². The van der Waals surface area contributed by atoms with Crippen LogP contribution in [0.25, 0.3) is 0 Å². The Hall–Kier alpha value is -5.20. The average Bonchev–Trinajstić information content (AvgIpc) is 2.88. The fourth-order valence-electron chi connectivity index (χ4n) is 3.12. The molecule has 0 aliphatic carbocycles. The van der Waals surface area contributed by atoms with Crippen LogP contribution < -0.4 is 16.1 Å². The third kappa shape index (κ3) is 7.14. The van der Waals surface area contributed by atoms with Crippen LogP contribution in [0.3, 0.4) is 0 Å². The lowest BCUT2D eigenvalue weighted by molar-refractivity contribution is -0.385. The SMILES string of the molecule is O=[N+]([O-])c1ccc(O)cc1/C=N/Nc1nc(NCc2ccc(F)cc2)nc(NCc2ccc(F)cc2)n1. The largest absolute Gasteiger partial charge is 0.508 e. The number of phenolic OH excluding ortho intramolecular Hbond substituents is 1. The van der Waals surface area contributed by atoms with Crippen molar-refractivity contribution >= 4 is 29.7 Å². The zero-order chi connectivity index (χ0) is 26.2. The van der Waals surface area contributed by atoms with Gasteiger partial charge in [-0.1, -0.05) is 24.3 Å². The van der Waals surface area contributed by atoms with Crippen molar-refractivity contribution in [1.82, 2.24) is 15.0 Å². The van der Waals surface area contributed by atoms with Gasteiger partial charge in [0.25, 0.3) is 5.69 Å². The van der Waals surface area contributed by atoms with Gasteiger partial charge in [-0.05, 0) is 47.5 Å². The van der Waals surface area contributed by atoms with Gasteiger partial charge in [0.1, 0.15) is 17.4 Å². The summed E-state index contributed by atoms with van der Waals surface area (Å²) in [7, 11) is 0. The second-order valence-electron chi connectivity index (χ2n) is 7.64. The molecule has 1 aromatic heterocycles. The molecule has 13 heteroatoms. The normalized spacial score (nSPS) is 10.9. The smallest absolute Gasteiger partial charge is 0.278 e. The Kier molecular flexibility index (Phi) is 7.73. The fourth-order valence-corrected chi connectivity index (χ4v) is 3.12. The molecule has 4 rings (SSSR count). The molecule has 0 aliphatic rings. The van der Waals surface area contributed by atoms with Crippen molar-refractivity contribution in [3.63, 3.8) is 0 Å². The third-order valence-corrected chi connectivity index (χ3v) is 4.94. The van der Waals surface area contributed by atoms with Crippen LogP contribution in [0.1, 0.15) is 16.7 Å². The number of rotatable bonds is 10. The van der Waals surface area contributed by atoms with Crippen molar-refractivity contribution in [3.8, 4) is 5.75 Å². The van der Waals surface area contributed by atoms with E-state index in [-0.39, 0.29) is 46.5 Å². The molecule has 0 spiro atoms. The molecule has 0 unspecified atom stereocenters. The Labute approximate surface area is 209 Å². The van der Waals surface area contributed by atoms with E-state index in [0.717, 1.165) is 23.4 Å². The quantitative estimate of drug-likeness (QED) is 0.139. The van der Waals surface area contributed by atoms with Gasteiger partial charge in [0, 0.05) is 19.2 Å². The Morgan fingerprint density at radius 1 is 0.838 bits per heavy atom. The number of aromatic nitrogens is 3. The van der Waals surface area contributed by atoms with E-state index in [1.165, 1.54) is 36.4 Å². The van der Waals surface area contributed by atoms with Crippen LogP contribution in [0.4, 0.5) is 32.3 Å². The summed E-state index contributed by atoms with van der Waals surface area (Å²) >= 11 is 0. The molecule has 0 radical (unpaired) electrons. The van der Waals surface area contributed by atoms with Crippen molar-refractivity contribution in [2.75, 3.05) is 16.1 Å². The summed E-state index contributed by atoms with van der Waals surface area (Å²) in [5, 5.41) is 30.9. The van der Waals surface area contributed by atoms with Crippen molar-refractivity contribution in [2.24, 2.45) is 5.10 Å². The Morgan fingerprint density at radius 2 is 1.35 bits per heavy atom. The van der Waals surface area contributed by atoms with Gasteiger partial charge in [-0.2, -0.15) is 20.1 Å². The molecule has 4 aromatic rings. The van der Waals surface area contributed by atoms with E-state index >= 15 is 0 Å². The number of anilines is 3. The number of hydrazone groups is 1. The number of hydrogen-bond acceptors (Lipinski definition) is 10. The van der Waals surface area contributed by atoms with Crippen LogP contribution in [0.2, 0.25) is 0 Å². The number of aromatic hydroxyl groups is 1. The molecule has 0 atom stereocenters. The van der Waals surface area contributed by atoms with Gasteiger partial charge in [0.15, 0.2) is 0 Å². The van der Waals surface area contributed by atoms with Gasteiger partial charge in [0.2, 0.25) is 17.8 Å². The van der Waals surface area contributed by atoms with E-state index in [0.29, 0.717) is 13.1 Å². The maximum atomic E-state index is 13.2. The lowest BCUT2D eigenvalue weighted by atomic mass is 10.2. The van der Waals surface area contributed by atoms with E-state index in [2.05, 4.69) is 36.1 Å². The topological polar surface area (TPSA) is 150 Å². The number of phenols is 1. The van der Waals surface area contributed by atoms with Gasteiger partial charge >= 0.3 is 0 Å². The summed E-state index contributed by atoms with van der Waals surface area (Å²) in [5.41, 5.74) is 3.98. The standard InChI is InChI=1S/C24H20F2N8O3/c25-18-5-1-15(2-6-18)12-27-22-30-23(28-13-16-3-7-19(26)8-4-16)32-24(31-22)33-29-14-17-11-20(35)9-10-21(17)34(36)37/h1-11,14,35H,12-13H2,(H3,27,28,30,31,32,33)/b29-14+. The van der Waals surface area contributed by atoms with Gasteiger partial charge in [0.05, 0.1) is 16.7 Å². The monoisotopic (exact) mass is 506 g/mol. The second-order valence-corrected chi connectivity index (χ2v) is 7.64. The first-order valence-corrected chi connectivity index (χ1v) is 10.8. The van der Waals surface area contributed by atoms with Crippen LogP contribution in [0, 0.1) is 21.7 Å². The van der Waals surface area contributed by atoms with Crippen molar-refractivity contribution in [3.05, 3.63) is 105 Å². The molecule has 0 fully saturated rings. The van der Waals surface area contributed by atoms with Crippen molar-refractivity contribution < 1.29 is 18.8 Å². The lowest BCUT2D eigenvalue weighted by Crippen LogP contribution is -2.11. The van der Waals surface area contributed by atoms with Crippen LogP contribution in [0.5, 0.6) is 5.75 Å². The van der Waals surface area contributed by atoms with E-state index in [1.54, 1.807) is 24.3 Å². The first-order valence-electron chi connectivity index (χ1n) is 10.8. The molecule has 188 valence electrons. The number of hydrogen-bond donors (Lipinski definition) is 4. The molecule has 4 N–H and O–H groups in total. The molecule has 0 saturated carbocycles. The van der Waals surface area contributed by atoms with E-state index in [9.17, 15) is 24.0 Å². The van der Waals surface area contributed by atoms with Gasteiger partial charge in [-0.25, -0.2) is 14.2 Å². The van der Waals surface area contributed by atoms with Crippen LogP contribution in [0.15, 0.2) is 71.8 Å². The highest BCUT2D eigenvalue weighted by molar-refractivity contribution is 5.86. The summed E-state index contributed by atoms with van der Waals surface area (Å²) < 4.78 is 26.4. The number of benzene rings is 3. The third-order valence-electron chi connectivity index (χ3n) is 4.94. The summed E-state index contributed by atoms with van der Waals surface area (Å²) in [6.45, 7) is 0.583. The van der Waals surface area contributed by atoms with E-state index in [1.807, 2.05) is 0 Å². The Bertz CT molecular complexity index is 1350. The van der Waals surface area contributed by atoms with Crippen molar-refractivity contribution in [2.45, 2.75) is 13.1 Å². The summed E-state index contributed by atoms with van der Waals surface area (Å²) in [5.74, 6) is -0.520. The molecule has 11 nitrogen and oxygen atoms in total. The molecular weight excluding hydrogens is 486 g/mol. The van der Waals surface area contributed by atoms with E-state index in [4.69, 9.17) is 0 Å². The van der Waals surface area contributed by atoms with Gasteiger partial charge in [-0.3, -0.25) is 10.1 Å². The maximum absolute atomic E-state index is 13.2. The zero-order valence-corrected chi connectivity index (χ0v) is 19.1. The number of nitro groups is 1.